The summed E-state index contributed by atoms with van der Waals surface area (Å²) in [6.45, 7) is 1.09. The number of phenolic OH excluding ortho intramolecular Hbond substituents is 1. The van der Waals surface area contributed by atoms with Crippen LogP contribution in [0, 0.1) is 0 Å². The summed E-state index contributed by atoms with van der Waals surface area (Å²) in [4.78, 5) is 11.8. The molecule has 1 saturated heterocycles. The molecule has 1 fully saturated rings. The van der Waals surface area contributed by atoms with Crippen molar-refractivity contribution in [1.29, 1.82) is 0 Å². The van der Waals surface area contributed by atoms with Gasteiger partial charge < -0.3 is 20.5 Å². The van der Waals surface area contributed by atoms with Crippen LogP contribution >= 0.6 is 11.6 Å². The Bertz CT molecular complexity index is 494. The van der Waals surface area contributed by atoms with E-state index in [1.54, 1.807) is 12.1 Å². The smallest absolute Gasteiger partial charge is 0.237 e. The average molecular weight is 299 g/mol. The van der Waals surface area contributed by atoms with Gasteiger partial charge in [-0.1, -0.05) is 11.6 Å². The molecule has 20 heavy (non-hydrogen) atoms. The number of methoxy groups -OCH3 is 1. The molecule has 3 N–H and O–H groups in total. The van der Waals surface area contributed by atoms with Gasteiger partial charge in [0, 0.05) is 29.7 Å². The Balaban J connectivity index is 2.06. The summed E-state index contributed by atoms with van der Waals surface area (Å²) in [7, 11) is 1.47. The zero-order valence-electron chi connectivity index (χ0n) is 11.4. The second-order valence-electron chi connectivity index (χ2n) is 4.84. The van der Waals surface area contributed by atoms with E-state index >= 15 is 0 Å². The Morgan fingerprint density at radius 2 is 2.30 bits per heavy atom. The van der Waals surface area contributed by atoms with Crippen molar-refractivity contribution in [3.63, 3.8) is 0 Å². The number of aromatic hydroxyl groups is 1. The highest BCUT2D eigenvalue weighted by molar-refractivity contribution is 6.30. The number of nitrogens with one attached hydrogen (secondary N) is 2. The maximum atomic E-state index is 11.8. The second-order valence-corrected chi connectivity index (χ2v) is 5.27. The molecule has 6 heteroatoms. The van der Waals surface area contributed by atoms with E-state index in [0.717, 1.165) is 25.8 Å². The van der Waals surface area contributed by atoms with E-state index in [-0.39, 0.29) is 17.7 Å². The number of carbonyl (C=O) groups is 1. The van der Waals surface area contributed by atoms with Crippen LogP contribution in [-0.2, 0) is 11.3 Å². The third-order valence-corrected chi connectivity index (χ3v) is 3.63. The lowest BCUT2D eigenvalue weighted by molar-refractivity contribution is -0.122. The van der Waals surface area contributed by atoms with Gasteiger partial charge in [0.25, 0.3) is 0 Å². The standard InChI is InChI=1S/C14H19ClN2O3/c1-20-12-7-10(15)6-9(13(12)18)8-17-11-4-2-3-5-16-14(11)19/h6-7,11,17-18H,2-5,8H2,1H3,(H,16,19). The van der Waals surface area contributed by atoms with Crippen molar-refractivity contribution in [2.45, 2.75) is 31.8 Å². The molecular formula is C14H19ClN2O3. The first kappa shape index (κ1) is 14.9. The Labute approximate surface area is 123 Å². The van der Waals surface area contributed by atoms with Crippen LogP contribution in [0.1, 0.15) is 24.8 Å². The molecule has 0 radical (unpaired) electrons. The van der Waals surface area contributed by atoms with Crippen molar-refractivity contribution in [2.75, 3.05) is 13.7 Å². The van der Waals surface area contributed by atoms with Crippen LogP contribution < -0.4 is 15.4 Å². The normalized spacial score (nSPS) is 19.3. The molecule has 5 nitrogen and oxygen atoms in total. The van der Waals surface area contributed by atoms with Crippen molar-refractivity contribution in [3.8, 4) is 11.5 Å². The quantitative estimate of drug-likeness (QED) is 0.793. The van der Waals surface area contributed by atoms with Gasteiger partial charge in [0.1, 0.15) is 0 Å². The molecule has 1 aliphatic rings. The molecule has 1 aliphatic heterocycles. The largest absolute Gasteiger partial charge is 0.504 e. The maximum Gasteiger partial charge on any atom is 0.237 e. The third kappa shape index (κ3) is 3.55. The van der Waals surface area contributed by atoms with Crippen molar-refractivity contribution >= 4 is 17.5 Å². The summed E-state index contributed by atoms with van der Waals surface area (Å²) in [6.07, 6.45) is 2.80. The van der Waals surface area contributed by atoms with E-state index in [2.05, 4.69) is 10.6 Å². The fourth-order valence-corrected chi connectivity index (χ4v) is 2.52. The van der Waals surface area contributed by atoms with E-state index in [9.17, 15) is 9.90 Å². The highest BCUT2D eigenvalue weighted by Gasteiger charge is 2.20. The van der Waals surface area contributed by atoms with Crippen LogP contribution in [0.2, 0.25) is 5.02 Å². The van der Waals surface area contributed by atoms with Crippen molar-refractivity contribution < 1.29 is 14.6 Å². The van der Waals surface area contributed by atoms with Crippen LogP contribution in [0.25, 0.3) is 0 Å². The molecule has 110 valence electrons. The summed E-state index contributed by atoms with van der Waals surface area (Å²) in [5.74, 6) is 0.397. The third-order valence-electron chi connectivity index (χ3n) is 3.41. The summed E-state index contributed by atoms with van der Waals surface area (Å²) in [5, 5.41) is 16.6. The van der Waals surface area contributed by atoms with Crippen LogP contribution in [0.5, 0.6) is 11.5 Å². The molecular weight excluding hydrogens is 280 g/mol. The molecule has 1 heterocycles. The zero-order chi connectivity index (χ0) is 14.5. The van der Waals surface area contributed by atoms with Crippen LogP contribution in [0.3, 0.4) is 0 Å². The number of ether oxygens (including phenoxy) is 1. The zero-order valence-corrected chi connectivity index (χ0v) is 12.2. The van der Waals surface area contributed by atoms with Gasteiger partial charge in [0.05, 0.1) is 13.2 Å². The Kier molecular flexibility index (Phi) is 5.09. The van der Waals surface area contributed by atoms with Gasteiger partial charge in [-0.3, -0.25) is 4.79 Å². The van der Waals surface area contributed by atoms with Crippen molar-refractivity contribution in [1.82, 2.24) is 10.6 Å². The number of hydrogen-bond donors (Lipinski definition) is 3. The Morgan fingerprint density at radius 3 is 3.05 bits per heavy atom. The molecule has 0 bridgehead atoms. The first-order valence-corrected chi connectivity index (χ1v) is 7.06. The van der Waals surface area contributed by atoms with Gasteiger partial charge in [-0.15, -0.1) is 0 Å². The van der Waals surface area contributed by atoms with E-state index in [4.69, 9.17) is 16.3 Å². The first-order valence-electron chi connectivity index (χ1n) is 6.68. The molecule has 1 amide bonds. The van der Waals surface area contributed by atoms with E-state index in [1.165, 1.54) is 7.11 Å². The van der Waals surface area contributed by atoms with Gasteiger partial charge in [-0.2, -0.15) is 0 Å². The topological polar surface area (TPSA) is 70.6 Å². The molecule has 1 atom stereocenters. The van der Waals surface area contributed by atoms with Gasteiger partial charge in [-0.05, 0) is 25.3 Å². The fourth-order valence-electron chi connectivity index (χ4n) is 2.29. The Morgan fingerprint density at radius 1 is 1.50 bits per heavy atom. The summed E-state index contributed by atoms with van der Waals surface area (Å²) < 4.78 is 5.06. The lowest BCUT2D eigenvalue weighted by Gasteiger charge is -2.16. The Hall–Kier alpha value is -1.46. The van der Waals surface area contributed by atoms with E-state index < -0.39 is 0 Å². The molecule has 1 unspecified atom stereocenters. The minimum absolute atomic E-state index is 0.0102. The lowest BCUT2D eigenvalue weighted by Crippen LogP contribution is -2.42. The van der Waals surface area contributed by atoms with Gasteiger partial charge in [0.15, 0.2) is 11.5 Å². The van der Waals surface area contributed by atoms with Crippen LogP contribution in [0.4, 0.5) is 0 Å². The van der Waals surface area contributed by atoms with E-state index in [1.807, 2.05) is 0 Å². The highest BCUT2D eigenvalue weighted by Crippen LogP contribution is 2.33. The molecule has 0 spiro atoms. The minimum atomic E-state index is -0.234. The number of rotatable bonds is 4. The molecule has 0 saturated carbocycles. The number of carbonyl (C=O) groups excluding carboxylic acids is 1. The monoisotopic (exact) mass is 298 g/mol. The van der Waals surface area contributed by atoms with Crippen molar-refractivity contribution in [3.05, 3.63) is 22.7 Å². The van der Waals surface area contributed by atoms with Gasteiger partial charge in [0.2, 0.25) is 5.91 Å². The summed E-state index contributed by atoms with van der Waals surface area (Å²) in [5.41, 5.74) is 0.617. The predicted molar refractivity (Wildman–Crippen MR) is 77.2 cm³/mol. The van der Waals surface area contributed by atoms with Gasteiger partial charge >= 0.3 is 0 Å². The molecule has 1 aromatic carbocycles. The summed E-state index contributed by atoms with van der Waals surface area (Å²) >= 11 is 5.98. The maximum absolute atomic E-state index is 11.8. The van der Waals surface area contributed by atoms with Gasteiger partial charge in [-0.25, -0.2) is 0 Å². The highest BCUT2D eigenvalue weighted by atomic mass is 35.5. The van der Waals surface area contributed by atoms with E-state index in [0.29, 0.717) is 22.9 Å². The second kappa shape index (κ2) is 6.81. The first-order chi connectivity index (χ1) is 9.61. The van der Waals surface area contributed by atoms with Crippen molar-refractivity contribution in [2.24, 2.45) is 0 Å². The number of halogens is 1. The predicted octanol–water partition coefficient (Wildman–Crippen LogP) is 1.81. The number of amides is 1. The molecule has 2 rings (SSSR count). The summed E-state index contributed by atoms with van der Waals surface area (Å²) in [6, 6.07) is 2.99. The molecule has 0 aromatic heterocycles. The fraction of sp³-hybridized carbons (Fsp3) is 0.500. The number of phenols is 1. The number of benzene rings is 1. The number of hydrogen-bond acceptors (Lipinski definition) is 4. The lowest BCUT2D eigenvalue weighted by atomic mass is 10.1. The average Bonchev–Trinajstić information content (AvgIpc) is 2.64. The van der Waals surface area contributed by atoms with Crippen LogP contribution in [0.15, 0.2) is 12.1 Å². The molecule has 0 aliphatic carbocycles. The van der Waals surface area contributed by atoms with Crippen LogP contribution in [-0.4, -0.2) is 30.7 Å². The SMILES string of the molecule is COc1cc(Cl)cc(CNC2CCCCNC2=O)c1O. The molecule has 1 aromatic rings. The minimum Gasteiger partial charge on any atom is -0.504 e.